The van der Waals surface area contributed by atoms with Gasteiger partial charge in [-0.15, -0.1) is 0 Å². The molecule has 0 radical (unpaired) electrons. The minimum absolute atomic E-state index is 0.176. The number of benzene rings is 2. The lowest BCUT2D eigenvalue weighted by Crippen LogP contribution is -2.38. The SMILES string of the molecule is CO[C@@]1(c2ccccc2)CN[C@@H](C(=O)Nc2cc(C(CCC3CC3)(NI)c3ccncc3)ccc2F)C1. The fourth-order valence-electron chi connectivity index (χ4n) is 5.36. The second-order valence-corrected chi connectivity index (χ2v) is 10.6. The summed E-state index contributed by atoms with van der Waals surface area (Å²) in [4.78, 5) is 17.5. The minimum Gasteiger partial charge on any atom is -0.372 e. The fourth-order valence-corrected chi connectivity index (χ4v) is 6.26. The number of carbonyl (C=O) groups excluding carboxylic acids is 1. The maximum atomic E-state index is 15.0. The van der Waals surface area contributed by atoms with E-state index in [1.54, 1.807) is 25.6 Å². The Bertz CT molecular complexity index is 1230. The topological polar surface area (TPSA) is 75.3 Å². The van der Waals surface area contributed by atoms with Crippen LogP contribution < -0.4 is 14.2 Å². The van der Waals surface area contributed by atoms with Crippen LogP contribution in [0.25, 0.3) is 0 Å². The first-order valence-electron chi connectivity index (χ1n) is 12.7. The average molecular weight is 615 g/mol. The molecule has 3 aromatic rings. The lowest BCUT2D eigenvalue weighted by molar-refractivity contribution is -0.118. The Morgan fingerprint density at radius 3 is 2.59 bits per heavy atom. The summed E-state index contributed by atoms with van der Waals surface area (Å²) in [6.45, 7) is 0.499. The van der Waals surface area contributed by atoms with Gasteiger partial charge in [-0.3, -0.25) is 9.78 Å². The highest BCUT2D eigenvalue weighted by atomic mass is 127. The summed E-state index contributed by atoms with van der Waals surface area (Å²) in [6.07, 6.45) is 8.48. The van der Waals surface area contributed by atoms with Gasteiger partial charge in [-0.2, -0.15) is 0 Å². The number of ether oxygens (including phenoxy) is 1. The van der Waals surface area contributed by atoms with Gasteiger partial charge in [0.25, 0.3) is 0 Å². The zero-order valence-electron chi connectivity index (χ0n) is 20.8. The van der Waals surface area contributed by atoms with Crippen LogP contribution in [0.4, 0.5) is 10.1 Å². The second-order valence-electron chi connectivity index (χ2n) is 10.1. The number of nitrogens with one attached hydrogen (secondary N) is 3. The smallest absolute Gasteiger partial charge is 0.241 e. The van der Waals surface area contributed by atoms with Gasteiger partial charge in [-0.1, -0.05) is 49.2 Å². The molecule has 3 N–H and O–H groups in total. The van der Waals surface area contributed by atoms with E-state index in [1.807, 2.05) is 48.5 Å². The first kappa shape index (κ1) is 26.2. The highest BCUT2D eigenvalue weighted by Gasteiger charge is 2.43. The van der Waals surface area contributed by atoms with E-state index >= 15 is 4.39 Å². The molecule has 1 aromatic heterocycles. The van der Waals surface area contributed by atoms with Crippen LogP contribution in [-0.2, 0) is 20.7 Å². The van der Waals surface area contributed by atoms with Crippen molar-refractivity contribution in [2.45, 2.75) is 49.3 Å². The molecule has 1 aliphatic heterocycles. The number of carbonyl (C=O) groups is 1. The Morgan fingerprint density at radius 2 is 1.92 bits per heavy atom. The Morgan fingerprint density at radius 1 is 1.16 bits per heavy atom. The molecule has 8 heteroatoms. The van der Waals surface area contributed by atoms with E-state index in [4.69, 9.17) is 4.74 Å². The molecule has 2 heterocycles. The highest BCUT2D eigenvalue weighted by molar-refractivity contribution is 14.1. The number of rotatable bonds is 10. The van der Waals surface area contributed by atoms with E-state index in [2.05, 4.69) is 42.0 Å². The fraction of sp³-hybridized carbons (Fsp3) is 0.379. The van der Waals surface area contributed by atoms with Gasteiger partial charge in [-0.05, 0) is 59.7 Å². The number of aromatic nitrogens is 1. The summed E-state index contributed by atoms with van der Waals surface area (Å²) >= 11 is 2.19. The van der Waals surface area contributed by atoms with E-state index in [-0.39, 0.29) is 11.6 Å². The molecule has 1 saturated carbocycles. The van der Waals surface area contributed by atoms with Crippen LogP contribution in [0, 0.1) is 11.7 Å². The van der Waals surface area contributed by atoms with E-state index in [0.29, 0.717) is 13.0 Å². The van der Waals surface area contributed by atoms with Crippen molar-refractivity contribution in [2.24, 2.45) is 5.92 Å². The van der Waals surface area contributed by atoms with Crippen molar-refractivity contribution < 1.29 is 13.9 Å². The van der Waals surface area contributed by atoms with Crippen molar-refractivity contribution in [3.63, 3.8) is 0 Å². The average Bonchev–Trinajstić information content (AvgIpc) is 3.67. The lowest BCUT2D eigenvalue weighted by atomic mass is 9.79. The van der Waals surface area contributed by atoms with Gasteiger partial charge in [0.1, 0.15) is 11.4 Å². The molecule has 194 valence electrons. The molecule has 2 fully saturated rings. The van der Waals surface area contributed by atoms with Crippen molar-refractivity contribution in [1.29, 1.82) is 0 Å². The van der Waals surface area contributed by atoms with Crippen LogP contribution >= 0.6 is 22.9 Å². The normalized spacial score (nSPS) is 22.9. The number of pyridine rings is 1. The zero-order valence-corrected chi connectivity index (χ0v) is 23.0. The number of hydrogen-bond acceptors (Lipinski definition) is 5. The molecule has 2 aromatic carbocycles. The van der Waals surface area contributed by atoms with Crippen molar-refractivity contribution >= 4 is 34.5 Å². The van der Waals surface area contributed by atoms with Crippen LogP contribution in [0.3, 0.4) is 0 Å². The number of hydrogen-bond donors (Lipinski definition) is 3. The molecular formula is C29H32FIN4O2. The first-order chi connectivity index (χ1) is 18.0. The third-order valence-electron chi connectivity index (χ3n) is 7.85. The van der Waals surface area contributed by atoms with Crippen LogP contribution in [0.15, 0.2) is 73.1 Å². The zero-order chi connectivity index (χ0) is 25.9. The molecule has 3 atom stereocenters. The Balaban J connectivity index is 1.39. The monoisotopic (exact) mass is 614 g/mol. The number of anilines is 1. The molecular weight excluding hydrogens is 582 g/mol. The van der Waals surface area contributed by atoms with Gasteiger partial charge in [0, 0.05) is 55.3 Å². The predicted molar refractivity (Wildman–Crippen MR) is 151 cm³/mol. The van der Waals surface area contributed by atoms with Gasteiger partial charge < -0.3 is 15.4 Å². The summed E-state index contributed by atoms with van der Waals surface area (Å²) in [5.41, 5.74) is 2.03. The summed E-state index contributed by atoms with van der Waals surface area (Å²) in [5.74, 6) is 0.000890. The van der Waals surface area contributed by atoms with Gasteiger partial charge in [0.2, 0.25) is 5.91 Å². The Hall–Kier alpha value is -2.40. The first-order valence-corrected chi connectivity index (χ1v) is 13.8. The number of halogens is 2. The molecule has 2 aliphatic rings. The maximum Gasteiger partial charge on any atom is 0.241 e. The predicted octanol–water partition coefficient (Wildman–Crippen LogP) is 5.44. The van der Waals surface area contributed by atoms with E-state index in [9.17, 15) is 4.79 Å². The molecule has 6 nitrogen and oxygen atoms in total. The van der Waals surface area contributed by atoms with Gasteiger partial charge in [0.15, 0.2) is 0 Å². The number of nitrogens with zero attached hydrogens (tertiary/aromatic N) is 1. The third-order valence-corrected chi connectivity index (χ3v) is 8.77. The van der Waals surface area contributed by atoms with Crippen molar-refractivity contribution in [3.8, 4) is 0 Å². The standard InChI is InChI=1S/C29H32FIN4O2/c1-37-28(21-5-3-2-4-6-21)18-26(33-19-28)27(36)34-25-17-23(9-10-24(25)30)29(35-31,14-11-20-7-8-20)22-12-15-32-16-13-22/h2-6,9-10,12-13,15-17,20,26,33,35H,7-8,11,14,18-19H2,1H3,(H,34,36)/t26-,28-,29?/m1/s1. The highest BCUT2D eigenvalue weighted by Crippen LogP contribution is 2.42. The van der Waals surface area contributed by atoms with Crippen LogP contribution in [0.5, 0.6) is 0 Å². The van der Waals surface area contributed by atoms with Crippen molar-refractivity contribution in [1.82, 2.24) is 13.8 Å². The summed E-state index contributed by atoms with van der Waals surface area (Å²) in [7, 11) is 1.66. The van der Waals surface area contributed by atoms with Crippen LogP contribution in [0.2, 0.25) is 0 Å². The number of methoxy groups -OCH3 is 1. The molecule has 1 aliphatic carbocycles. The molecule has 1 amide bonds. The van der Waals surface area contributed by atoms with Crippen molar-refractivity contribution in [3.05, 3.63) is 95.6 Å². The van der Waals surface area contributed by atoms with Crippen molar-refractivity contribution in [2.75, 3.05) is 19.0 Å². The lowest BCUT2D eigenvalue weighted by Gasteiger charge is -2.34. The van der Waals surface area contributed by atoms with Crippen LogP contribution in [0.1, 0.15) is 48.8 Å². The minimum atomic E-state index is -0.603. The molecule has 0 bridgehead atoms. The second kappa shape index (κ2) is 11.1. The maximum absolute atomic E-state index is 15.0. The van der Waals surface area contributed by atoms with E-state index < -0.39 is 23.0 Å². The van der Waals surface area contributed by atoms with Crippen LogP contribution in [-0.4, -0.2) is 30.6 Å². The summed E-state index contributed by atoms with van der Waals surface area (Å²) < 4.78 is 24.4. The largest absolute Gasteiger partial charge is 0.372 e. The molecule has 1 saturated heterocycles. The molecule has 5 rings (SSSR count). The summed E-state index contributed by atoms with van der Waals surface area (Å²) in [6, 6.07) is 18.4. The van der Waals surface area contributed by atoms with Gasteiger partial charge in [-0.25, -0.2) is 7.92 Å². The van der Waals surface area contributed by atoms with E-state index in [0.717, 1.165) is 35.4 Å². The quantitative estimate of drug-likeness (QED) is 0.210. The molecule has 0 spiro atoms. The molecule has 1 unspecified atom stereocenters. The Labute approximate surface area is 231 Å². The molecule has 37 heavy (non-hydrogen) atoms. The Kier molecular flexibility index (Phi) is 7.90. The van der Waals surface area contributed by atoms with Gasteiger partial charge in [0.05, 0.1) is 17.3 Å². The third kappa shape index (κ3) is 5.43. The van der Waals surface area contributed by atoms with Gasteiger partial charge >= 0.3 is 0 Å². The van der Waals surface area contributed by atoms with E-state index in [1.165, 1.54) is 18.9 Å². The number of amides is 1. The summed E-state index contributed by atoms with van der Waals surface area (Å²) in [5, 5.41) is 6.13.